The summed E-state index contributed by atoms with van der Waals surface area (Å²) in [5.41, 5.74) is 2.09. The molecule has 2 aliphatic rings. The van der Waals surface area contributed by atoms with Crippen molar-refractivity contribution in [3.63, 3.8) is 0 Å². The SMILES string of the molecule is CC(C)OC(=O)NC1CCC(c2ncc(-c3ccc(Nc4cnn(CCF)c4)cc3S(=N)(=O)C3COC3)s2)CC1. The molecule has 0 radical (unpaired) electrons. The fourth-order valence-electron chi connectivity index (χ4n) is 4.94. The number of aryl methyl sites for hydroxylation is 1. The van der Waals surface area contributed by atoms with Crippen LogP contribution in [0.1, 0.15) is 50.5 Å². The van der Waals surface area contributed by atoms with Gasteiger partial charge in [0.1, 0.15) is 6.67 Å². The summed E-state index contributed by atoms with van der Waals surface area (Å²) in [5.74, 6) is 0.281. The highest BCUT2D eigenvalue weighted by molar-refractivity contribution is 7.93. The van der Waals surface area contributed by atoms with E-state index in [1.807, 2.05) is 32.2 Å². The number of benzene rings is 1. The summed E-state index contributed by atoms with van der Waals surface area (Å²) in [6.07, 6.45) is 8.10. The highest BCUT2D eigenvalue weighted by Gasteiger charge is 2.33. The lowest BCUT2D eigenvalue weighted by molar-refractivity contribution is 0.0427. The van der Waals surface area contributed by atoms with Crippen molar-refractivity contribution in [2.75, 3.05) is 25.2 Å². The number of ether oxygens (including phenoxy) is 2. The van der Waals surface area contributed by atoms with E-state index in [-0.39, 0.29) is 36.0 Å². The zero-order valence-electron chi connectivity index (χ0n) is 22.6. The van der Waals surface area contributed by atoms with Crippen LogP contribution < -0.4 is 10.6 Å². The van der Waals surface area contributed by atoms with Gasteiger partial charge in [-0.15, -0.1) is 11.3 Å². The predicted octanol–water partition coefficient (Wildman–Crippen LogP) is 5.68. The van der Waals surface area contributed by atoms with Gasteiger partial charge in [0.05, 0.1) is 67.5 Å². The summed E-state index contributed by atoms with van der Waals surface area (Å²) in [5, 5.41) is 11.0. The van der Waals surface area contributed by atoms with E-state index in [2.05, 4.69) is 15.7 Å². The second-order valence-electron chi connectivity index (χ2n) is 10.5. The third kappa shape index (κ3) is 6.47. The average molecular weight is 591 g/mol. The number of thiazole rings is 1. The first-order valence-corrected chi connectivity index (χ1v) is 15.9. The van der Waals surface area contributed by atoms with E-state index in [1.54, 1.807) is 29.8 Å². The predicted molar refractivity (Wildman–Crippen MR) is 153 cm³/mol. The molecule has 10 nitrogen and oxygen atoms in total. The van der Waals surface area contributed by atoms with Crippen LogP contribution in [0.2, 0.25) is 0 Å². The largest absolute Gasteiger partial charge is 0.447 e. The first kappa shape index (κ1) is 28.5. The van der Waals surface area contributed by atoms with Gasteiger partial charge >= 0.3 is 6.09 Å². The summed E-state index contributed by atoms with van der Waals surface area (Å²) in [4.78, 5) is 18.0. The van der Waals surface area contributed by atoms with Crippen molar-refractivity contribution < 1.29 is 22.9 Å². The lowest BCUT2D eigenvalue weighted by Crippen LogP contribution is -2.40. The summed E-state index contributed by atoms with van der Waals surface area (Å²) >= 11 is 1.57. The molecule has 1 aliphatic carbocycles. The van der Waals surface area contributed by atoms with Crippen LogP contribution >= 0.6 is 11.3 Å². The Morgan fingerprint density at radius 3 is 2.70 bits per heavy atom. The fraction of sp³-hybridized carbons (Fsp3) is 0.519. The Morgan fingerprint density at radius 2 is 2.02 bits per heavy atom. The molecular formula is C27H35FN6O4S2. The molecule has 0 bridgehead atoms. The van der Waals surface area contributed by atoms with Crippen molar-refractivity contribution in [1.82, 2.24) is 20.1 Å². The van der Waals surface area contributed by atoms with Crippen molar-refractivity contribution in [1.29, 1.82) is 4.78 Å². The van der Waals surface area contributed by atoms with Crippen molar-refractivity contribution in [2.24, 2.45) is 0 Å². The van der Waals surface area contributed by atoms with E-state index < -0.39 is 16.4 Å². The van der Waals surface area contributed by atoms with Crippen LogP contribution in [-0.2, 0) is 25.7 Å². The van der Waals surface area contributed by atoms with Crippen LogP contribution in [0.5, 0.6) is 0 Å². The number of halogens is 1. The topological polar surface area (TPSA) is 131 Å². The van der Waals surface area contributed by atoms with Crippen LogP contribution in [0.3, 0.4) is 0 Å². The lowest BCUT2D eigenvalue weighted by Gasteiger charge is -2.29. The molecule has 40 heavy (non-hydrogen) atoms. The molecule has 216 valence electrons. The van der Waals surface area contributed by atoms with Gasteiger partial charge in [-0.1, -0.05) is 6.07 Å². The monoisotopic (exact) mass is 590 g/mol. The number of aromatic nitrogens is 3. The molecule has 1 aromatic carbocycles. The summed E-state index contributed by atoms with van der Waals surface area (Å²) < 4.78 is 47.3. The molecule has 3 heterocycles. The number of hydrogen-bond acceptors (Lipinski definition) is 9. The molecule has 1 aliphatic heterocycles. The molecule has 3 N–H and O–H groups in total. The van der Waals surface area contributed by atoms with E-state index in [9.17, 15) is 13.4 Å². The molecular weight excluding hydrogens is 555 g/mol. The first-order chi connectivity index (χ1) is 19.2. The lowest BCUT2D eigenvalue weighted by atomic mass is 9.86. The maximum Gasteiger partial charge on any atom is 0.407 e. The zero-order valence-corrected chi connectivity index (χ0v) is 24.2. The quantitative estimate of drug-likeness (QED) is 0.277. The molecule has 1 unspecified atom stereocenters. The van der Waals surface area contributed by atoms with Crippen LogP contribution in [0.15, 0.2) is 41.7 Å². The third-order valence-electron chi connectivity index (χ3n) is 7.15. The highest BCUT2D eigenvalue weighted by Crippen LogP contribution is 2.41. The van der Waals surface area contributed by atoms with Gasteiger partial charge in [0, 0.05) is 35.6 Å². The Morgan fingerprint density at radius 1 is 1.25 bits per heavy atom. The standard InChI is InChI=1S/C27H35FN6O4S2/c1-17(2)38-27(35)33-19-5-3-18(4-6-19)26-30-13-24(39-26)23-8-7-20(32-21-12-31-34(14-21)10-9-28)11-25(23)40(29,36)22-15-37-16-22/h7-8,11-14,17-19,22,29,32H,3-6,9-10,15-16H2,1-2H3,(H,33,35). The molecule has 5 rings (SSSR count). The van der Waals surface area contributed by atoms with Crippen LogP contribution in [0.25, 0.3) is 10.4 Å². The number of amides is 1. The highest BCUT2D eigenvalue weighted by atomic mass is 32.2. The van der Waals surface area contributed by atoms with E-state index in [0.29, 0.717) is 29.5 Å². The minimum atomic E-state index is -3.15. The maximum atomic E-state index is 13.8. The van der Waals surface area contributed by atoms with E-state index in [0.717, 1.165) is 41.1 Å². The van der Waals surface area contributed by atoms with Gasteiger partial charge in [0.15, 0.2) is 0 Å². The number of nitrogens with one attached hydrogen (secondary N) is 3. The summed E-state index contributed by atoms with van der Waals surface area (Å²) in [7, 11) is -3.15. The van der Waals surface area contributed by atoms with Crippen molar-refractivity contribution >= 4 is 38.5 Å². The van der Waals surface area contributed by atoms with Gasteiger partial charge in [-0.3, -0.25) is 4.68 Å². The molecule has 3 aromatic rings. The Labute approximate surface area is 237 Å². The number of carbonyl (C=O) groups is 1. The normalized spacial score (nSPS) is 21.0. The molecule has 2 aromatic heterocycles. The smallest absolute Gasteiger partial charge is 0.407 e. The molecule has 1 saturated heterocycles. The van der Waals surface area contributed by atoms with Crippen LogP contribution in [0, 0.1) is 4.78 Å². The fourth-order valence-corrected chi connectivity index (χ4v) is 7.88. The van der Waals surface area contributed by atoms with Gasteiger partial charge in [0.25, 0.3) is 0 Å². The molecule has 1 atom stereocenters. The van der Waals surface area contributed by atoms with Crippen LogP contribution in [0.4, 0.5) is 20.6 Å². The van der Waals surface area contributed by atoms with Gasteiger partial charge in [0.2, 0.25) is 0 Å². The summed E-state index contributed by atoms with van der Waals surface area (Å²) in [6, 6.07) is 5.62. The second kappa shape index (κ2) is 12.2. The van der Waals surface area contributed by atoms with E-state index >= 15 is 0 Å². The zero-order chi connectivity index (χ0) is 28.3. The molecule has 1 saturated carbocycles. The average Bonchev–Trinajstić information content (AvgIpc) is 3.53. The Kier molecular flexibility index (Phi) is 8.71. The number of alkyl halides is 1. The van der Waals surface area contributed by atoms with Gasteiger partial charge in [-0.05, 0) is 51.7 Å². The van der Waals surface area contributed by atoms with Crippen molar-refractivity contribution in [2.45, 2.75) is 74.3 Å². The van der Waals surface area contributed by atoms with Crippen molar-refractivity contribution in [3.05, 3.63) is 41.8 Å². The third-order valence-corrected chi connectivity index (χ3v) is 10.5. The van der Waals surface area contributed by atoms with E-state index in [1.165, 1.54) is 4.68 Å². The first-order valence-electron chi connectivity index (χ1n) is 13.5. The minimum Gasteiger partial charge on any atom is -0.447 e. The molecule has 2 fully saturated rings. The number of rotatable bonds is 10. The number of anilines is 2. The number of carbonyl (C=O) groups excluding carboxylic acids is 1. The Bertz CT molecular complexity index is 1430. The Balaban J connectivity index is 1.34. The molecule has 13 heteroatoms. The van der Waals surface area contributed by atoms with Gasteiger partial charge in [-0.25, -0.2) is 23.2 Å². The van der Waals surface area contributed by atoms with Gasteiger partial charge in [-0.2, -0.15) is 5.10 Å². The van der Waals surface area contributed by atoms with Crippen molar-refractivity contribution in [3.8, 4) is 10.4 Å². The number of alkyl carbamates (subject to hydrolysis) is 1. The van der Waals surface area contributed by atoms with Crippen LogP contribution in [-0.4, -0.2) is 62.4 Å². The minimum absolute atomic E-state index is 0.0929. The van der Waals surface area contributed by atoms with E-state index in [4.69, 9.17) is 19.2 Å². The number of hydrogen-bond donors (Lipinski definition) is 3. The molecule has 1 amide bonds. The summed E-state index contributed by atoms with van der Waals surface area (Å²) in [6.45, 7) is 3.92. The Hall–Kier alpha value is -3.03. The number of nitrogens with zero attached hydrogens (tertiary/aromatic N) is 3. The maximum absolute atomic E-state index is 13.8. The molecule has 0 spiro atoms. The van der Waals surface area contributed by atoms with Gasteiger partial charge < -0.3 is 20.1 Å². The second-order valence-corrected chi connectivity index (χ2v) is 13.9.